The van der Waals surface area contributed by atoms with Crippen LogP contribution in [0.2, 0.25) is 0 Å². The molecule has 1 heterocycles. The molecule has 0 saturated carbocycles. The van der Waals surface area contributed by atoms with Crippen LogP contribution in [0.4, 0.5) is 0 Å². The number of hydrogen-bond donors (Lipinski definition) is 0. The minimum atomic E-state index is 0.645. The lowest BCUT2D eigenvalue weighted by molar-refractivity contribution is 0.112. The molecule has 0 radical (unpaired) electrons. The summed E-state index contributed by atoms with van der Waals surface area (Å²) < 4.78 is 2.79. The standard InChI is InChI=1S/C14H15BrN2O/c1-4-13-9(2)16-17(10(13)3)14-7-12(15)6-5-11(14)8-18/h5-8H,4H2,1-3H3. The molecule has 2 rings (SSSR count). The summed E-state index contributed by atoms with van der Waals surface area (Å²) in [7, 11) is 0. The van der Waals surface area contributed by atoms with Gasteiger partial charge in [0, 0.05) is 15.7 Å². The largest absolute Gasteiger partial charge is 0.298 e. The molecule has 0 unspecified atom stereocenters. The first-order valence-corrected chi connectivity index (χ1v) is 6.68. The Bertz CT molecular complexity index is 602. The molecular weight excluding hydrogens is 292 g/mol. The Morgan fingerprint density at radius 1 is 1.39 bits per heavy atom. The first kappa shape index (κ1) is 13.0. The summed E-state index contributed by atoms with van der Waals surface area (Å²) in [5.74, 6) is 0. The van der Waals surface area contributed by atoms with Crippen molar-refractivity contribution in [2.24, 2.45) is 0 Å². The van der Waals surface area contributed by atoms with Crippen LogP contribution in [0.1, 0.15) is 34.2 Å². The fraction of sp³-hybridized carbons (Fsp3) is 0.286. The molecule has 0 spiro atoms. The van der Waals surface area contributed by atoms with Gasteiger partial charge in [-0.3, -0.25) is 4.79 Å². The Hall–Kier alpha value is -1.42. The Morgan fingerprint density at radius 3 is 2.67 bits per heavy atom. The topological polar surface area (TPSA) is 34.9 Å². The first-order chi connectivity index (χ1) is 8.58. The van der Waals surface area contributed by atoms with Gasteiger partial charge in [-0.05, 0) is 44.0 Å². The summed E-state index contributed by atoms with van der Waals surface area (Å²) in [4.78, 5) is 11.1. The van der Waals surface area contributed by atoms with Crippen LogP contribution in [-0.2, 0) is 6.42 Å². The van der Waals surface area contributed by atoms with Crippen molar-refractivity contribution in [3.8, 4) is 5.69 Å². The highest BCUT2D eigenvalue weighted by atomic mass is 79.9. The van der Waals surface area contributed by atoms with E-state index in [9.17, 15) is 4.79 Å². The Balaban J connectivity index is 2.68. The molecule has 94 valence electrons. The molecule has 0 bridgehead atoms. The summed E-state index contributed by atoms with van der Waals surface area (Å²) in [5.41, 5.74) is 4.82. The van der Waals surface area contributed by atoms with E-state index in [1.165, 1.54) is 5.56 Å². The molecule has 0 fully saturated rings. The molecule has 18 heavy (non-hydrogen) atoms. The van der Waals surface area contributed by atoms with Crippen LogP contribution in [0, 0.1) is 13.8 Å². The first-order valence-electron chi connectivity index (χ1n) is 5.88. The van der Waals surface area contributed by atoms with Crippen LogP contribution >= 0.6 is 15.9 Å². The molecule has 0 N–H and O–H groups in total. The normalized spacial score (nSPS) is 10.7. The fourth-order valence-corrected chi connectivity index (χ4v) is 2.57. The molecule has 0 saturated heterocycles. The average molecular weight is 307 g/mol. The van der Waals surface area contributed by atoms with Crippen molar-refractivity contribution in [1.29, 1.82) is 0 Å². The van der Waals surface area contributed by atoms with Gasteiger partial charge in [0.05, 0.1) is 11.4 Å². The van der Waals surface area contributed by atoms with Crippen LogP contribution < -0.4 is 0 Å². The zero-order chi connectivity index (χ0) is 13.3. The van der Waals surface area contributed by atoms with E-state index in [2.05, 4.69) is 28.0 Å². The smallest absolute Gasteiger partial charge is 0.152 e. The molecule has 0 aliphatic heterocycles. The maximum Gasteiger partial charge on any atom is 0.152 e. The zero-order valence-electron chi connectivity index (χ0n) is 10.7. The second kappa shape index (κ2) is 5.06. The second-order valence-electron chi connectivity index (χ2n) is 4.24. The summed E-state index contributed by atoms with van der Waals surface area (Å²) in [5, 5.41) is 4.54. The highest BCUT2D eigenvalue weighted by molar-refractivity contribution is 9.10. The van der Waals surface area contributed by atoms with Gasteiger partial charge < -0.3 is 0 Å². The molecular formula is C14H15BrN2O. The predicted octanol–water partition coefficient (Wildman–Crippen LogP) is 3.63. The van der Waals surface area contributed by atoms with Crippen molar-refractivity contribution in [3.05, 3.63) is 45.2 Å². The van der Waals surface area contributed by atoms with Crippen molar-refractivity contribution >= 4 is 22.2 Å². The highest BCUT2D eigenvalue weighted by Crippen LogP contribution is 2.23. The monoisotopic (exact) mass is 306 g/mol. The van der Waals surface area contributed by atoms with E-state index < -0.39 is 0 Å². The van der Waals surface area contributed by atoms with Gasteiger partial charge in [0.15, 0.2) is 6.29 Å². The van der Waals surface area contributed by atoms with Gasteiger partial charge in [-0.2, -0.15) is 5.10 Å². The Labute approximate surface area is 115 Å². The summed E-state index contributed by atoms with van der Waals surface area (Å²) >= 11 is 3.43. The van der Waals surface area contributed by atoms with Gasteiger partial charge in [0.25, 0.3) is 0 Å². The van der Waals surface area contributed by atoms with Crippen LogP contribution in [0.5, 0.6) is 0 Å². The summed E-state index contributed by atoms with van der Waals surface area (Å²) in [6.45, 7) is 6.15. The summed E-state index contributed by atoms with van der Waals surface area (Å²) in [6.07, 6.45) is 1.81. The quantitative estimate of drug-likeness (QED) is 0.812. The molecule has 3 nitrogen and oxygen atoms in total. The van der Waals surface area contributed by atoms with E-state index >= 15 is 0 Å². The van der Waals surface area contributed by atoms with Crippen LogP contribution in [-0.4, -0.2) is 16.1 Å². The number of carbonyl (C=O) groups is 1. The van der Waals surface area contributed by atoms with Crippen molar-refractivity contribution in [1.82, 2.24) is 9.78 Å². The Kier molecular flexibility index (Phi) is 3.66. The van der Waals surface area contributed by atoms with Gasteiger partial charge in [0.1, 0.15) is 0 Å². The minimum absolute atomic E-state index is 0.645. The molecule has 0 atom stereocenters. The van der Waals surface area contributed by atoms with Gasteiger partial charge in [-0.25, -0.2) is 4.68 Å². The van der Waals surface area contributed by atoms with Crippen LogP contribution in [0.3, 0.4) is 0 Å². The van der Waals surface area contributed by atoms with E-state index in [4.69, 9.17) is 0 Å². The summed E-state index contributed by atoms with van der Waals surface area (Å²) in [6, 6.07) is 5.58. The number of aryl methyl sites for hydroxylation is 1. The van der Waals surface area contributed by atoms with Gasteiger partial charge in [0.2, 0.25) is 0 Å². The number of aldehydes is 1. The molecule has 0 amide bonds. The predicted molar refractivity (Wildman–Crippen MR) is 75.5 cm³/mol. The van der Waals surface area contributed by atoms with Crippen LogP contribution in [0.15, 0.2) is 22.7 Å². The average Bonchev–Trinajstić information content (AvgIpc) is 2.64. The van der Waals surface area contributed by atoms with E-state index in [-0.39, 0.29) is 0 Å². The maximum absolute atomic E-state index is 11.1. The lowest BCUT2D eigenvalue weighted by Gasteiger charge is -2.08. The number of rotatable bonds is 3. The SMILES string of the molecule is CCc1c(C)nn(-c2cc(Br)ccc2C=O)c1C. The second-order valence-corrected chi connectivity index (χ2v) is 5.15. The molecule has 0 aliphatic rings. The number of aromatic nitrogens is 2. The van der Waals surface area contributed by atoms with Crippen molar-refractivity contribution in [2.45, 2.75) is 27.2 Å². The molecule has 1 aromatic heterocycles. The number of nitrogens with zero attached hydrogens (tertiary/aromatic N) is 2. The lowest BCUT2D eigenvalue weighted by Crippen LogP contribution is -2.03. The maximum atomic E-state index is 11.1. The number of benzene rings is 1. The lowest BCUT2D eigenvalue weighted by atomic mass is 10.1. The van der Waals surface area contributed by atoms with Gasteiger partial charge in [-0.15, -0.1) is 0 Å². The van der Waals surface area contributed by atoms with E-state index in [1.807, 2.05) is 30.7 Å². The molecule has 1 aromatic carbocycles. The number of carbonyl (C=O) groups excluding carboxylic acids is 1. The van der Waals surface area contributed by atoms with E-state index in [1.54, 1.807) is 6.07 Å². The highest BCUT2D eigenvalue weighted by Gasteiger charge is 2.13. The van der Waals surface area contributed by atoms with Gasteiger partial charge >= 0.3 is 0 Å². The third kappa shape index (κ3) is 2.12. The van der Waals surface area contributed by atoms with Gasteiger partial charge in [-0.1, -0.05) is 22.9 Å². The number of halogens is 1. The third-order valence-electron chi connectivity index (χ3n) is 3.14. The molecule has 0 aliphatic carbocycles. The number of hydrogen-bond acceptors (Lipinski definition) is 2. The third-order valence-corrected chi connectivity index (χ3v) is 3.64. The van der Waals surface area contributed by atoms with Crippen molar-refractivity contribution in [2.75, 3.05) is 0 Å². The van der Waals surface area contributed by atoms with Crippen molar-refractivity contribution < 1.29 is 4.79 Å². The minimum Gasteiger partial charge on any atom is -0.298 e. The molecule has 2 aromatic rings. The fourth-order valence-electron chi connectivity index (χ4n) is 2.22. The van der Waals surface area contributed by atoms with Crippen LogP contribution in [0.25, 0.3) is 5.69 Å². The molecule has 4 heteroatoms. The zero-order valence-corrected chi connectivity index (χ0v) is 12.3. The van der Waals surface area contributed by atoms with Crippen molar-refractivity contribution in [3.63, 3.8) is 0 Å². The van der Waals surface area contributed by atoms with E-state index in [0.717, 1.165) is 34.3 Å². The Morgan fingerprint density at radius 2 is 2.11 bits per heavy atom. The van der Waals surface area contributed by atoms with E-state index in [0.29, 0.717) is 5.56 Å².